The van der Waals surface area contributed by atoms with Crippen molar-refractivity contribution in [1.82, 2.24) is 0 Å². The van der Waals surface area contributed by atoms with Gasteiger partial charge in [-0.25, -0.2) is 9.59 Å². The van der Waals surface area contributed by atoms with E-state index in [1.165, 1.54) is 6.92 Å². The number of carboxylic acid groups (broad SMARTS) is 2. The fourth-order valence-corrected chi connectivity index (χ4v) is 2.87. The third-order valence-electron chi connectivity index (χ3n) is 4.91. The summed E-state index contributed by atoms with van der Waals surface area (Å²) < 4.78 is 9.62. The first-order chi connectivity index (χ1) is 12.6. The molecule has 0 fully saturated rings. The summed E-state index contributed by atoms with van der Waals surface area (Å²) >= 11 is 0. The number of carbonyl (C=O) groups excluding carboxylic acids is 2. The summed E-state index contributed by atoms with van der Waals surface area (Å²) in [4.78, 5) is 46.6. The molecule has 0 amide bonds. The summed E-state index contributed by atoms with van der Waals surface area (Å²) in [6, 6.07) is 0. The molecule has 0 aliphatic rings. The average molecular weight is 388 g/mol. The predicted molar refractivity (Wildman–Crippen MR) is 97.0 cm³/mol. The van der Waals surface area contributed by atoms with Crippen LogP contribution in [-0.2, 0) is 28.7 Å². The highest BCUT2D eigenvalue weighted by atomic mass is 16.6. The number of esters is 2. The highest BCUT2D eigenvalue weighted by Gasteiger charge is 2.41. The molecule has 0 radical (unpaired) electrons. The van der Waals surface area contributed by atoms with E-state index >= 15 is 0 Å². The van der Waals surface area contributed by atoms with Gasteiger partial charge < -0.3 is 19.7 Å². The van der Waals surface area contributed by atoms with Crippen LogP contribution in [0.5, 0.6) is 0 Å². The summed E-state index contributed by atoms with van der Waals surface area (Å²) in [6.45, 7) is 9.08. The van der Waals surface area contributed by atoms with Crippen LogP contribution in [0.15, 0.2) is 0 Å². The van der Waals surface area contributed by atoms with Crippen molar-refractivity contribution < 1.29 is 38.9 Å². The van der Waals surface area contributed by atoms with Gasteiger partial charge in [0.15, 0.2) is 0 Å². The molecule has 8 heteroatoms. The number of ether oxygens (including phenoxy) is 2. The van der Waals surface area contributed by atoms with Crippen LogP contribution in [0.25, 0.3) is 0 Å². The molecule has 156 valence electrons. The molecule has 0 rings (SSSR count). The lowest BCUT2D eigenvalue weighted by atomic mass is 9.79. The largest absolute Gasteiger partial charge is 0.478 e. The van der Waals surface area contributed by atoms with Gasteiger partial charge in [0.1, 0.15) is 0 Å². The van der Waals surface area contributed by atoms with E-state index in [-0.39, 0.29) is 18.3 Å². The summed E-state index contributed by atoms with van der Waals surface area (Å²) in [6.07, 6.45) is -0.456. The third-order valence-corrected chi connectivity index (χ3v) is 4.91. The third kappa shape index (κ3) is 7.97. The second-order valence-corrected chi connectivity index (χ2v) is 6.76. The highest BCUT2D eigenvalue weighted by Crippen LogP contribution is 2.29. The van der Waals surface area contributed by atoms with Crippen molar-refractivity contribution in [2.45, 2.75) is 78.9 Å². The van der Waals surface area contributed by atoms with Crippen molar-refractivity contribution in [3.63, 3.8) is 0 Å². The topological polar surface area (TPSA) is 127 Å². The van der Waals surface area contributed by atoms with Gasteiger partial charge in [0.2, 0.25) is 12.2 Å². The van der Waals surface area contributed by atoms with Crippen molar-refractivity contribution in [2.75, 3.05) is 0 Å². The molecule has 27 heavy (non-hydrogen) atoms. The molecule has 0 saturated carbocycles. The fourth-order valence-electron chi connectivity index (χ4n) is 2.87. The molecule has 0 aromatic carbocycles. The molecule has 0 aromatic rings. The molecule has 0 aliphatic heterocycles. The van der Waals surface area contributed by atoms with Crippen molar-refractivity contribution in [2.24, 2.45) is 17.8 Å². The quantitative estimate of drug-likeness (QED) is 0.461. The van der Waals surface area contributed by atoms with E-state index in [9.17, 15) is 29.4 Å². The molecule has 0 saturated heterocycles. The fraction of sp³-hybridized carbons (Fsp3) is 0.789. The van der Waals surface area contributed by atoms with E-state index < -0.39 is 42.0 Å². The number of rotatable bonds is 13. The van der Waals surface area contributed by atoms with Crippen molar-refractivity contribution >= 4 is 23.9 Å². The molecule has 5 atom stereocenters. The van der Waals surface area contributed by atoms with Crippen LogP contribution in [0.1, 0.15) is 66.7 Å². The van der Waals surface area contributed by atoms with Gasteiger partial charge >= 0.3 is 23.9 Å². The molecule has 0 bridgehead atoms. The summed E-state index contributed by atoms with van der Waals surface area (Å²) in [7, 11) is 0. The average Bonchev–Trinajstić information content (AvgIpc) is 2.63. The van der Waals surface area contributed by atoms with Gasteiger partial charge in [0.25, 0.3) is 0 Å². The van der Waals surface area contributed by atoms with E-state index in [0.717, 1.165) is 25.7 Å². The van der Waals surface area contributed by atoms with Crippen molar-refractivity contribution in [3.05, 3.63) is 0 Å². The van der Waals surface area contributed by atoms with Crippen molar-refractivity contribution in [1.29, 1.82) is 0 Å². The first kappa shape index (κ1) is 24.9. The Labute approximate surface area is 160 Å². The Morgan fingerprint density at radius 3 is 1.81 bits per heavy atom. The van der Waals surface area contributed by atoms with Crippen LogP contribution in [-0.4, -0.2) is 46.3 Å². The Hall–Kier alpha value is -2.12. The monoisotopic (exact) mass is 388 g/mol. The molecule has 0 spiro atoms. The van der Waals surface area contributed by atoms with Crippen LogP contribution in [0.2, 0.25) is 0 Å². The van der Waals surface area contributed by atoms with Crippen LogP contribution >= 0.6 is 0 Å². The zero-order valence-electron chi connectivity index (χ0n) is 16.8. The minimum atomic E-state index is -2.10. The molecule has 0 heterocycles. The van der Waals surface area contributed by atoms with Crippen molar-refractivity contribution in [3.8, 4) is 0 Å². The molecular weight excluding hydrogens is 356 g/mol. The number of carbonyl (C=O) groups is 4. The second-order valence-electron chi connectivity index (χ2n) is 6.76. The maximum Gasteiger partial charge on any atom is 0.349 e. The molecule has 2 N–H and O–H groups in total. The van der Waals surface area contributed by atoms with Gasteiger partial charge in [-0.05, 0) is 11.8 Å². The van der Waals surface area contributed by atoms with E-state index in [1.54, 1.807) is 6.92 Å². The van der Waals surface area contributed by atoms with Crippen LogP contribution in [0.3, 0.4) is 0 Å². The van der Waals surface area contributed by atoms with Crippen LogP contribution in [0, 0.1) is 17.8 Å². The van der Waals surface area contributed by atoms with Gasteiger partial charge in [-0.15, -0.1) is 0 Å². The molecule has 8 nitrogen and oxygen atoms in total. The van der Waals surface area contributed by atoms with E-state index in [0.29, 0.717) is 0 Å². The Bertz CT molecular complexity index is 516. The van der Waals surface area contributed by atoms with Gasteiger partial charge in [-0.1, -0.05) is 60.3 Å². The Morgan fingerprint density at radius 1 is 0.889 bits per heavy atom. The zero-order chi connectivity index (χ0) is 21.1. The molecular formula is C19H32O8. The molecule has 0 aliphatic carbocycles. The lowest BCUT2D eigenvalue weighted by Gasteiger charge is -2.28. The summed E-state index contributed by atoms with van der Waals surface area (Å²) in [5.41, 5.74) is 0. The smallest absolute Gasteiger partial charge is 0.349 e. The van der Waals surface area contributed by atoms with E-state index in [4.69, 9.17) is 4.74 Å². The lowest BCUT2D eigenvalue weighted by molar-refractivity contribution is -0.189. The standard InChI is InChI=1S/C19H32O8/c1-6-9-10-13(7-2)11(4)12(5)19(25)27-16(18(23)24)15(17(21)22)26-14(20)8-3/h11-13,15-16H,6-10H2,1-5H3,(H,21,22)(H,23,24). The summed E-state index contributed by atoms with van der Waals surface area (Å²) in [5, 5.41) is 18.5. The molecule has 0 aromatic heterocycles. The number of aliphatic carboxylic acids is 2. The summed E-state index contributed by atoms with van der Waals surface area (Å²) in [5.74, 6) is -5.50. The Kier molecular flexibility index (Phi) is 11.3. The second kappa shape index (κ2) is 12.3. The van der Waals surface area contributed by atoms with Gasteiger partial charge in [0, 0.05) is 6.42 Å². The molecule has 5 unspecified atom stereocenters. The Balaban J connectivity index is 5.26. The number of unbranched alkanes of at least 4 members (excludes halogenated alkanes) is 1. The zero-order valence-corrected chi connectivity index (χ0v) is 16.8. The van der Waals surface area contributed by atoms with Crippen LogP contribution in [0.4, 0.5) is 0 Å². The number of carboxylic acids is 2. The van der Waals surface area contributed by atoms with Gasteiger partial charge in [-0.3, -0.25) is 9.59 Å². The first-order valence-electron chi connectivity index (χ1n) is 9.46. The Morgan fingerprint density at radius 2 is 1.41 bits per heavy atom. The SMILES string of the molecule is CCCCC(CC)C(C)C(C)C(=O)OC(C(=O)O)C(OC(=O)CC)C(=O)O. The lowest BCUT2D eigenvalue weighted by Crippen LogP contribution is -2.47. The minimum absolute atomic E-state index is 0.0648. The predicted octanol–water partition coefficient (Wildman–Crippen LogP) is 2.88. The van der Waals surface area contributed by atoms with Gasteiger partial charge in [-0.2, -0.15) is 0 Å². The van der Waals surface area contributed by atoms with Gasteiger partial charge in [0.05, 0.1) is 5.92 Å². The number of hydrogen-bond donors (Lipinski definition) is 2. The van der Waals surface area contributed by atoms with E-state index in [2.05, 4.69) is 11.7 Å². The maximum absolute atomic E-state index is 12.5. The normalized spacial score (nSPS) is 16.5. The first-order valence-corrected chi connectivity index (χ1v) is 9.46. The number of hydrogen-bond acceptors (Lipinski definition) is 6. The van der Waals surface area contributed by atoms with E-state index in [1.807, 2.05) is 13.8 Å². The minimum Gasteiger partial charge on any atom is -0.478 e. The van der Waals surface area contributed by atoms with Crippen LogP contribution < -0.4 is 0 Å². The maximum atomic E-state index is 12.5. The highest BCUT2D eigenvalue weighted by molar-refractivity contribution is 5.88.